The van der Waals surface area contributed by atoms with E-state index in [4.69, 9.17) is 34.8 Å². The predicted molar refractivity (Wildman–Crippen MR) is 58.3 cm³/mol. The zero-order valence-corrected chi connectivity index (χ0v) is 9.46. The molecule has 0 fully saturated rings. The van der Waals surface area contributed by atoms with Crippen molar-refractivity contribution in [3.05, 3.63) is 34.9 Å². The van der Waals surface area contributed by atoms with Crippen molar-refractivity contribution >= 4 is 40.6 Å². The molecular weight excluding hydrogens is 242 g/mol. The number of benzene rings is 1. The molecule has 1 nitrogen and oxygen atoms in total. The van der Waals surface area contributed by atoms with E-state index in [0.29, 0.717) is 24.0 Å². The van der Waals surface area contributed by atoms with Crippen molar-refractivity contribution < 1.29 is 4.79 Å². The summed E-state index contributed by atoms with van der Waals surface area (Å²) in [6.45, 7) is 0. The fourth-order valence-electron chi connectivity index (χ4n) is 1.76. The van der Waals surface area contributed by atoms with Gasteiger partial charge >= 0.3 is 0 Å². The van der Waals surface area contributed by atoms with Gasteiger partial charge in [-0.15, -0.1) is 0 Å². The summed E-state index contributed by atoms with van der Waals surface area (Å²) >= 11 is 17.4. The fourth-order valence-corrected chi connectivity index (χ4v) is 2.29. The van der Waals surface area contributed by atoms with Crippen LogP contribution >= 0.6 is 34.8 Å². The number of alkyl halides is 3. The number of rotatable bonds is 0. The third-order valence-electron chi connectivity index (χ3n) is 2.38. The molecule has 0 radical (unpaired) electrons. The minimum atomic E-state index is -1.43. The minimum Gasteiger partial charge on any atom is -0.294 e. The Hall–Kier alpha value is -0.240. The van der Waals surface area contributed by atoms with Crippen molar-refractivity contribution in [1.82, 2.24) is 0 Å². The average molecular weight is 250 g/mol. The van der Waals surface area contributed by atoms with Gasteiger partial charge in [-0.05, 0) is 12.0 Å². The van der Waals surface area contributed by atoms with Crippen LogP contribution in [-0.2, 0) is 10.2 Å². The molecule has 0 spiro atoms. The molecule has 0 unspecified atom stereocenters. The lowest BCUT2D eigenvalue weighted by Gasteiger charge is -2.15. The van der Waals surface area contributed by atoms with Crippen LogP contribution in [0.3, 0.4) is 0 Å². The number of fused-ring (bicyclic) bond motifs is 1. The monoisotopic (exact) mass is 248 g/mol. The highest BCUT2D eigenvalue weighted by Gasteiger charge is 2.31. The summed E-state index contributed by atoms with van der Waals surface area (Å²) in [5.41, 5.74) is 2.22. The molecule has 0 N–H and O–H groups in total. The summed E-state index contributed by atoms with van der Waals surface area (Å²) in [5.74, 6) is 0.135. The van der Waals surface area contributed by atoms with Gasteiger partial charge < -0.3 is 0 Å². The number of carbonyl (C=O) groups excluding carboxylic acids is 1. The second-order valence-electron chi connectivity index (χ2n) is 3.25. The average Bonchev–Trinajstić information content (AvgIpc) is 2.46. The summed E-state index contributed by atoms with van der Waals surface area (Å²) < 4.78 is -1.43. The summed E-state index contributed by atoms with van der Waals surface area (Å²) in [6, 6.07) is 5.29. The molecule has 4 heteroatoms. The lowest BCUT2D eigenvalue weighted by Crippen LogP contribution is -2.05. The minimum absolute atomic E-state index is 0.135. The van der Waals surface area contributed by atoms with E-state index in [1.54, 1.807) is 18.2 Å². The first kappa shape index (κ1) is 10.3. The molecule has 2 rings (SSSR count). The Morgan fingerprint density at radius 1 is 1.14 bits per heavy atom. The molecule has 0 heterocycles. The number of ketones is 1. The Bertz CT molecular complexity index is 393. The van der Waals surface area contributed by atoms with E-state index < -0.39 is 3.79 Å². The van der Waals surface area contributed by atoms with Crippen molar-refractivity contribution in [1.29, 1.82) is 0 Å². The number of hydrogen-bond acceptors (Lipinski definition) is 1. The Labute approximate surface area is 97.0 Å². The van der Waals surface area contributed by atoms with Crippen LogP contribution < -0.4 is 0 Å². The maximum Gasteiger partial charge on any atom is 0.216 e. The van der Waals surface area contributed by atoms with Crippen LogP contribution in [0.25, 0.3) is 0 Å². The quantitative estimate of drug-likeness (QED) is 0.642. The summed E-state index contributed by atoms with van der Waals surface area (Å²) in [6.07, 6.45) is 1.20. The van der Waals surface area contributed by atoms with Crippen molar-refractivity contribution in [2.75, 3.05) is 0 Å². The predicted octanol–water partition coefficient (Wildman–Crippen LogP) is 3.64. The van der Waals surface area contributed by atoms with E-state index >= 15 is 0 Å². The smallest absolute Gasteiger partial charge is 0.216 e. The zero-order chi connectivity index (χ0) is 10.3. The van der Waals surface area contributed by atoms with E-state index in [1.807, 2.05) is 0 Å². The Balaban J connectivity index is 2.60. The van der Waals surface area contributed by atoms with Gasteiger partial charge in [-0.3, -0.25) is 4.79 Å². The third-order valence-corrected chi connectivity index (χ3v) is 2.99. The van der Waals surface area contributed by atoms with E-state index in [9.17, 15) is 4.79 Å². The SMILES string of the molecule is O=C1CCc2c1cccc2C(Cl)(Cl)Cl. The molecule has 1 aliphatic rings. The van der Waals surface area contributed by atoms with Crippen LogP contribution in [-0.4, -0.2) is 5.78 Å². The molecule has 0 aromatic heterocycles. The molecule has 74 valence electrons. The zero-order valence-electron chi connectivity index (χ0n) is 7.19. The Morgan fingerprint density at radius 3 is 2.50 bits per heavy atom. The molecule has 0 aliphatic heterocycles. The standard InChI is InChI=1S/C10H7Cl3O/c11-10(12,13)8-3-1-2-7-6(8)4-5-9(7)14/h1-3H,4-5H2. The van der Waals surface area contributed by atoms with Crippen LogP contribution in [0.4, 0.5) is 0 Å². The van der Waals surface area contributed by atoms with Gasteiger partial charge in [0.25, 0.3) is 0 Å². The molecule has 0 atom stereocenters. The molecule has 1 aliphatic carbocycles. The van der Waals surface area contributed by atoms with Crippen molar-refractivity contribution in [3.8, 4) is 0 Å². The van der Waals surface area contributed by atoms with Gasteiger partial charge in [-0.2, -0.15) is 0 Å². The molecule has 1 aromatic carbocycles. The highest BCUT2D eigenvalue weighted by Crippen LogP contribution is 2.42. The van der Waals surface area contributed by atoms with Crippen LogP contribution in [0.5, 0.6) is 0 Å². The fraction of sp³-hybridized carbons (Fsp3) is 0.300. The van der Waals surface area contributed by atoms with Gasteiger partial charge in [-0.25, -0.2) is 0 Å². The number of Topliss-reactive ketones (excluding diaryl/α,β-unsaturated/α-hetero) is 1. The van der Waals surface area contributed by atoms with Gasteiger partial charge in [0.2, 0.25) is 3.79 Å². The summed E-state index contributed by atoms with van der Waals surface area (Å²) in [5, 5.41) is 0. The molecule has 14 heavy (non-hydrogen) atoms. The molecule has 0 bridgehead atoms. The normalized spacial score (nSPS) is 15.8. The van der Waals surface area contributed by atoms with Gasteiger partial charge in [-0.1, -0.05) is 53.0 Å². The maximum absolute atomic E-state index is 11.4. The van der Waals surface area contributed by atoms with E-state index in [1.165, 1.54) is 0 Å². The molecule has 0 saturated heterocycles. The topological polar surface area (TPSA) is 17.1 Å². The largest absolute Gasteiger partial charge is 0.294 e. The first-order valence-corrected chi connectivity index (χ1v) is 5.36. The lowest BCUT2D eigenvalue weighted by atomic mass is 10.0. The lowest BCUT2D eigenvalue weighted by molar-refractivity contribution is 0.0994. The van der Waals surface area contributed by atoms with Crippen LogP contribution in [0.1, 0.15) is 27.9 Å². The van der Waals surface area contributed by atoms with Crippen molar-refractivity contribution in [2.24, 2.45) is 0 Å². The summed E-state index contributed by atoms with van der Waals surface area (Å²) in [4.78, 5) is 11.4. The first-order valence-electron chi connectivity index (χ1n) is 4.22. The second kappa shape index (κ2) is 3.41. The number of hydrogen-bond donors (Lipinski definition) is 0. The third kappa shape index (κ3) is 1.65. The molecule has 0 saturated carbocycles. The van der Waals surface area contributed by atoms with Gasteiger partial charge in [0.15, 0.2) is 5.78 Å². The van der Waals surface area contributed by atoms with Crippen LogP contribution in [0.15, 0.2) is 18.2 Å². The van der Waals surface area contributed by atoms with Gasteiger partial charge in [0.1, 0.15) is 0 Å². The highest BCUT2D eigenvalue weighted by molar-refractivity contribution is 6.66. The maximum atomic E-state index is 11.4. The van der Waals surface area contributed by atoms with Gasteiger partial charge in [0, 0.05) is 17.5 Å². The van der Waals surface area contributed by atoms with E-state index in [-0.39, 0.29) is 5.78 Å². The molecular formula is C10H7Cl3O. The van der Waals surface area contributed by atoms with Gasteiger partial charge in [0.05, 0.1) is 0 Å². The van der Waals surface area contributed by atoms with E-state index in [2.05, 4.69) is 0 Å². The number of carbonyl (C=O) groups is 1. The van der Waals surface area contributed by atoms with Crippen LogP contribution in [0.2, 0.25) is 0 Å². The molecule has 1 aromatic rings. The Morgan fingerprint density at radius 2 is 1.86 bits per heavy atom. The van der Waals surface area contributed by atoms with Crippen molar-refractivity contribution in [3.63, 3.8) is 0 Å². The second-order valence-corrected chi connectivity index (χ2v) is 5.53. The highest BCUT2D eigenvalue weighted by atomic mass is 35.6. The Kier molecular flexibility index (Phi) is 2.50. The summed E-state index contributed by atoms with van der Waals surface area (Å²) in [7, 11) is 0. The molecule has 0 amide bonds. The van der Waals surface area contributed by atoms with Crippen molar-refractivity contribution in [2.45, 2.75) is 16.6 Å². The number of halogens is 3. The first-order chi connectivity index (χ1) is 6.50. The van der Waals surface area contributed by atoms with E-state index in [0.717, 1.165) is 5.56 Å². The van der Waals surface area contributed by atoms with Crippen LogP contribution in [0, 0.1) is 0 Å².